The van der Waals surface area contributed by atoms with Crippen LogP contribution in [-0.2, 0) is 5.60 Å². The van der Waals surface area contributed by atoms with Gasteiger partial charge in [-0.2, -0.15) is 4.98 Å². The number of aromatic nitrogens is 3. The first-order valence-corrected chi connectivity index (χ1v) is 14.1. The van der Waals surface area contributed by atoms with E-state index in [1.807, 2.05) is 60.6 Å². The number of fused-ring (bicyclic) bond motifs is 1. The van der Waals surface area contributed by atoms with Gasteiger partial charge in [0.2, 0.25) is 5.95 Å². The van der Waals surface area contributed by atoms with Crippen LogP contribution >= 0.6 is 0 Å². The van der Waals surface area contributed by atoms with Crippen LogP contribution in [0.4, 0.5) is 17.3 Å². The molecule has 208 valence electrons. The molecule has 2 aliphatic heterocycles. The predicted octanol–water partition coefficient (Wildman–Crippen LogP) is 4.09. The van der Waals surface area contributed by atoms with Crippen LogP contribution < -0.4 is 15.5 Å². The van der Waals surface area contributed by atoms with Gasteiger partial charge in [0.15, 0.2) is 5.65 Å². The van der Waals surface area contributed by atoms with Gasteiger partial charge in [0.25, 0.3) is 5.91 Å². The maximum absolute atomic E-state index is 13.0. The molecule has 0 radical (unpaired) electrons. The van der Waals surface area contributed by atoms with Crippen molar-refractivity contribution in [1.29, 1.82) is 0 Å². The summed E-state index contributed by atoms with van der Waals surface area (Å²) < 4.78 is 1.78. The highest BCUT2D eigenvalue weighted by Gasteiger charge is 2.34. The van der Waals surface area contributed by atoms with Crippen LogP contribution in [-0.4, -0.2) is 69.8 Å². The van der Waals surface area contributed by atoms with Gasteiger partial charge in [-0.25, -0.2) is 4.52 Å². The van der Waals surface area contributed by atoms with E-state index in [2.05, 4.69) is 45.8 Å². The molecule has 0 spiro atoms. The van der Waals surface area contributed by atoms with E-state index in [-0.39, 0.29) is 11.9 Å². The molecule has 4 aromatic rings. The van der Waals surface area contributed by atoms with Gasteiger partial charge in [0, 0.05) is 50.2 Å². The highest BCUT2D eigenvalue weighted by molar-refractivity contribution is 5.94. The van der Waals surface area contributed by atoms with Gasteiger partial charge in [-0.1, -0.05) is 29.8 Å². The van der Waals surface area contributed by atoms with Crippen LogP contribution in [0.3, 0.4) is 0 Å². The third kappa shape index (κ3) is 5.26. The van der Waals surface area contributed by atoms with Crippen LogP contribution in [0.2, 0.25) is 0 Å². The minimum atomic E-state index is -0.814. The first kappa shape index (κ1) is 26.3. The average Bonchev–Trinajstić information content (AvgIpc) is 3.41. The fraction of sp³-hybridized carbons (Fsp3) is 0.387. The largest absolute Gasteiger partial charge is 0.385 e. The molecule has 4 heterocycles. The van der Waals surface area contributed by atoms with E-state index in [1.54, 1.807) is 4.52 Å². The number of anilines is 3. The Morgan fingerprint density at radius 2 is 1.85 bits per heavy atom. The van der Waals surface area contributed by atoms with Crippen LogP contribution in [0.15, 0.2) is 66.9 Å². The topological polar surface area (TPSA) is 98.0 Å². The smallest absolute Gasteiger partial charge is 0.253 e. The second-order valence-electron chi connectivity index (χ2n) is 11.1. The van der Waals surface area contributed by atoms with E-state index < -0.39 is 5.60 Å². The zero-order chi connectivity index (χ0) is 27.7. The highest BCUT2D eigenvalue weighted by Crippen LogP contribution is 2.35. The number of nitrogens with one attached hydrogen (secondary N) is 2. The summed E-state index contributed by atoms with van der Waals surface area (Å²) in [5.74, 6) is 0.525. The number of amides is 1. The summed E-state index contributed by atoms with van der Waals surface area (Å²) in [5.41, 5.74) is 4.60. The second-order valence-corrected chi connectivity index (χ2v) is 11.1. The maximum atomic E-state index is 13.0. The molecule has 9 heteroatoms. The number of aliphatic hydroxyl groups is 1. The van der Waals surface area contributed by atoms with Gasteiger partial charge in [-0.15, -0.1) is 5.10 Å². The number of carbonyl (C=O) groups is 1. The Labute approximate surface area is 234 Å². The lowest BCUT2D eigenvalue weighted by Crippen LogP contribution is -2.46. The number of piperidine rings is 2. The number of likely N-dealkylation sites (N-methyl/N-ethyl adjacent to an activating group) is 1. The van der Waals surface area contributed by atoms with Crippen molar-refractivity contribution in [2.75, 3.05) is 43.4 Å². The summed E-state index contributed by atoms with van der Waals surface area (Å²) in [7, 11) is 1.88. The quantitative estimate of drug-likeness (QED) is 0.340. The van der Waals surface area contributed by atoms with E-state index in [9.17, 15) is 9.90 Å². The number of carbonyl (C=O) groups excluding carboxylic acids is 1. The lowest BCUT2D eigenvalue weighted by Gasteiger charge is -2.39. The molecule has 0 saturated carbocycles. The Morgan fingerprint density at radius 1 is 1.10 bits per heavy atom. The summed E-state index contributed by atoms with van der Waals surface area (Å²) in [6, 6.07) is 19.9. The minimum Gasteiger partial charge on any atom is -0.385 e. The number of rotatable bonds is 6. The molecule has 6 rings (SSSR count). The van der Waals surface area contributed by atoms with E-state index in [4.69, 9.17) is 4.98 Å². The SMILES string of the molecule is Cc1ccc(C2(O)CCN(c3cccn4nc(Nc5ccc(C(=O)N(C)C6CCCNC6)cc5)nc34)CC2)cc1. The molecule has 3 N–H and O–H groups in total. The van der Waals surface area contributed by atoms with Crippen molar-refractivity contribution in [3.8, 4) is 0 Å². The Kier molecular flexibility index (Phi) is 7.16. The Bertz CT molecular complexity index is 1470. The molecule has 1 amide bonds. The zero-order valence-electron chi connectivity index (χ0n) is 23.2. The average molecular weight is 540 g/mol. The number of benzene rings is 2. The lowest BCUT2D eigenvalue weighted by atomic mass is 9.84. The van der Waals surface area contributed by atoms with Crippen molar-refractivity contribution in [3.05, 3.63) is 83.6 Å². The summed E-state index contributed by atoms with van der Waals surface area (Å²) in [6.07, 6.45) is 5.30. The van der Waals surface area contributed by atoms with Crippen LogP contribution in [0, 0.1) is 6.92 Å². The standard InChI is InChI=1S/C31H37N7O2/c1-22-7-11-24(12-8-22)31(40)15-19-37(20-16-31)27-6-4-18-38-28(27)34-30(35-38)33-25-13-9-23(10-14-25)29(39)36(2)26-5-3-17-32-21-26/h4,6-14,18,26,32,40H,3,5,15-17,19-21H2,1-2H3,(H,33,35). The Hall–Kier alpha value is -3.95. The molecular formula is C31H37N7O2. The van der Waals surface area contributed by atoms with E-state index in [0.717, 1.165) is 61.6 Å². The Morgan fingerprint density at radius 3 is 2.55 bits per heavy atom. The molecule has 2 fully saturated rings. The number of hydrogen-bond acceptors (Lipinski definition) is 7. The van der Waals surface area contributed by atoms with Crippen molar-refractivity contribution in [2.45, 2.75) is 44.2 Å². The van der Waals surface area contributed by atoms with Gasteiger partial charge >= 0.3 is 0 Å². The molecule has 2 aliphatic rings. The zero-order valence-corrected chi connectivity index (χ0v) is 23.2. The van der Waals surface area contributed by atoms with Gasteiger partial charge < -0.3 is 25.5 Å². The van der Waals surface area contributed by atoms with Crippen molar-refractivity contribution in [1.82, 2.24) is 24.8 Å². The summed E-state index contributed by atoms with van der Waals surface area (Å²) >= 11 is 0. The fourth-order valence-electron chi connectivity index (χ4n) is 5.82. The second kappa shape index (κ2) is 10.9. The highest BCUT2D eigenvalue weighted by atomic mass is 16.3. The number of hydrogen-bond donors (Lipinski definition) is 3. The van der Waals surface area contributed by atoms with Crippen molar-refractivity contribution >= 4 is 28.9 Å². The first-order valence-electron chi connectivity index (χ1n) is 14.1. The van der Waals surface area contributed by atoms with Crippen molar-refractivity contribution in [3.63, 3.8) is 0 Å². The third-order valence-electron chi connectivity index (χ3n) is 8.39. The molecule has 2 aromatic heterocycles. The maximum Gasteiger partial charge on any atom is 0.253 e. The predicted molar refractivity (Wildman–Crippen MR) is 157 cm³/mol. The molecule has 40 heavy (non-hydrogen) atoms. The molecule has 9 nitrogen and oxygen atoms in total. The molecular weight excluding hydrogens is 502 g/mol. The van der Waals surface area contributed by atoms with E-state index in [1.165, 1.54) is 5.56 Å². The van der Waals surface area contributed by atoms with Gasteiger partial charge in [0.1, 0.15) is 0 Å². The Balaban J connectivity index is 1.13. The summed E-state index contributed by atoms with van der Waals surface area (Å²) in [4.78, 5) is 21.9. The third-order valence-corrected chi connectivity index (χ3v) is 8.39. The van der Waals surface area contributed by atoms with Gasteiger partial charge in [-0.05, 0) is 81.1 Å². The number of pyridine rings is 1. The van der Waals surface area contributed by atoms with Gasteiger partial charge in [0.05, 0.1) is 11.3 Å². The lowest BCUT2D eigenvalue weighted by molar-refractivity contribution is 0.0118. The number of aryl methyl sites for hydroxylation is 1. The van der Waals surface area contributed by atoms with Crippen molar-refractivity contribution < 1.29 is 9.90 Å². The monoisotopic (exact) mass is 539 g/mol. The van der Waals surface area contributed by atoms with Crippen LogP contribution in [0.1, 0.15) is 47.2 Å². The van der Waals surface area contributed by atoms with E-state index >= 15 is 0 Å². The first-order chi connectivity index (χ1) is 19.4. The van der Waals surface area contributed by atoms with Crippen molar-refractivity contribution in [2.24, 2.45) is 0 Å². The number of nitrogens with zero attached hydrogens (tertiary/aromatic N) is 5. The molecule has 1 atom stereocenters. The minimum absolute atomic E-state index is 0.0338. The van der Waals surface area contributed by atoms with Gasteiger partial charge in [-0.3, -0.25) is 4.79 Å². The fourth-order valence-corrected chi connectivity index (χ4v) is 5.82. The molecule has 2 aromatic carbocycles. The van der Waals surface area contributed by atoms with E-state index in [0.29, 0.717) is 24.4 Å². The normalized spacial score (nSPS) is 19.0. The molecule has 1 unspecified atom stereocenters. The van der Waals surface area contributed by atoms with Crippen LogP contribution in [0.5, 0.6) is 0 Å². The summed E-state index contributed by atoms with van der Waals surface area (Å²) in [6.45, 7) is 5.37. The molecule has 2 saturated heterocycles. The molecule has 0 bridgehead atoms. The van der Waals surface area contributed by atoms with Crippen LogP contribution in [0.25, 0.3) is 5.65 Å². The molecule has 0 aliphatic carbocycles. The summed E-state index contributed by atoms with van der Waals surface area (Å²) in [5, 5.41) is 22.6.